The zero-order valence-corrected chi connectivity index (χ0v) is 13.8. The summed E-state index contributed by atoms with van der Waals surface area (Å²) in [7, 11) is 0. The van der Waals surface area contributed by atoms with Crippen LogP contribution in [0.4, 0.5) is 0 Å². The number of ether oxygens (including phenoxy) is 1. The first-order valence-corrected chi connectivity index (χ1v) is 8.36. The molecule has 1 aromatic heterocycles. The number of thiophene rings is 1. The number of halogens is 1. The summed E-state index contributed by atoms with van der Waals surface area (Å²) >= 11 is 4.92. The van der Waals surface area contributed by atoms with Crippen molar-refractivity contribution >= 4 is 27.3 Å². The van der Waals surface area contributed by atoms with E-state index >= 15 is 0 Å². The fraction of sp³-hybridized carbons (Fsp3) is 0.333. The highest BCUT2D eigenvalue weighted by molar-refractivity contribution is 9.10. The topological polar surface area (TPSA) is 61.7 Å². The monoisotopic (exact) mass is 371 g/mol. The molecule has 0 aliphatic rings. The molecule has 0 amide bonds. The lowest BCUT2D eigenvalue weighted by Gasteiger charge is -2.15. The highest BCUT2D eigenvalue weighted by Crippen LogP contribution is 2.18. The molecule has 0 saturated heterocycles. The summed E-state index contributed by atoms with van der Waals surface area (Å²) in [6.45, 7) is 0.984. The average Bonchev–Trinajstić information content (AvgIpc) is 2.99. The van der Waals surface area contributed by atoms with Gasteiger partial charge in [0.1, 0.15) is 18.5 Å². The van der Waals surface area contributed by atoms with E-state index in [2.05, 4.69) is 21.2 Å². The smallest absolute Gasteiger partial charge is 0.120 e. The van der Waals surface area contributed by atoms with Gasteiger partial charge in [0.15, 0.2) is 0 Å². The maximum absolute atomic E-state index is 9.89. The van der Waals surface area contributed by atoms with E-state index < -0.39 is 12.2 Å². The summed E-state index contributed by atoms with van der Waals surface area (Å²) < 4.78 is 6.43. The summed E-state index contributed by atoms with van der Waals surface area (Å²) in [4.78, 5) is 0. The summed E-state index contributed by atoms with van der Waals surface area (Å²) in [5, 5.41) is 26.6. The Morgan fingerprint density at radius 1 is 1.24 bits per heavy atom. The maximum atomic E-state index is 9.89. The molecule has 2 atom stereocenters. The second-order valence-electron chi connectivity index (χ2n) is 4.65. The van der Waals surface area contributed by atoms with Crippen molar-refractivity contribution in [2.45, 2.75) is 12.2 Å². The van der Waals surface area contributed by atoms with Gasteiger partial charge in [0.05, 0.1) is 6.10 Å². The van der Waals surface area contributed by atoms with Crippen LogP contribution in [0, 0.1) is 0 Å². The normalized spacial score (nSPS) is 13.9. The first-order valence-electron chi connectivity index (χ1n) is 6.62. The minimum absolute atomic E-state index is 0.206. The zero-order chi connectivity index (χ0) is 15.1. The molecule has 0 aliphatic carbocycles. The van der Waals surface area contributed by atoms with Crippen LogP contribution < -0.4 is 10.1 Å². The minimum atomic E-state index is -0.626. The Balaban J connectivity index is 1.64. The lowest BCUT2D eigenvalue weighted by molar-refractivity contribution is 0.0996. The lowest BCUT2D eigenvalue weighted by Crippen LogP contribution is -2.33. The number of hydrogen-bond donors (Lipinski definition) is 3. The standard InChI is InChI=1S/C15H18BrNO3S/c16-12-2-1-3-14(6-12)20-9-13(18)7-17-8-15(19)11-4-5-21-10-11/h1-6,10,13,15,17-19H,7-9H2. The molecule has 1 heterocycles. The molecule has 3 N–H and O–H groups in total. The van der Waals surface area contributed by atoms with Crippen LogP contribution in [0.3, 0.4) is 0 Å². The van der Waals surface area contributed by atoms with Crippen molar-refractivity contribution in [3.63, 3.8) is 0 Å². The average molecular weight is 372 g/mol. The van der Waals surface area contributed by atoms with Crippen LogP contribution in [0.25, 0.3) is 0 Å². The van der Waals surface area contributed by atoms with Gasteiger partial charge < -0.3 is 20.3 Å². The molecule has 114 valence electrons. The van der Waals surface area contributed by atoms with Gasteiger partial charge in [0, 0.05) is 17.6 Å². The van der Waals surface area contributed by atoms with E-state index in [-0.39, 0.29) is 6.61 Å². The zero-order valence-electron chi connectivity index (χ0n) is 11.4. The molecule has 0 aliphatic heterocycles. The van der Waals surface area contributed by atoms with Crippen LogP contribution in [0.15, 0.2) is 45.6 Å². The fourth-order valence-electron chi connectivity index (χ4n) is 1.78. The van der Waals surface area contributed by atoms with E-state index in [0.717, 1.165) is 10.0 Å². The molecule has 0 bridgehead atoms. The predicted octanol–water partition coefficient (Wildman–Crippen LogP) is 2.57. The molecule has 2 unspecified atom stereocenters. The summed E-state index contributed by atoms with van der Waals surface area (Å²) in [5.74, 6) is 0.710. The molecule has 4 nitrogen and oxygen atoms in total. The van der Waals surface area contributed by atoms with Crippen molar-refractivity contribution in [1.29, 1.82) is 0 Å². The molecule has 0 radical (unpaired) electrons. The van der Waals surface area contributed by atoms with E-state index in [1.54, 1.807) is 11.3 Å². The second kappa shape index (κ2) is 8.51. The van der Waals surface area contributed by atoms with E-state index in [1.165, 1.54) is 0 Å². The van der Waals surface area contributed by atoms with Crippen molar-refractivity contribution in [2.75, 3.05) is 19.7 Å². The molecular formula is C15H18BrNO3S. The molecular weight excluding hydrogens is 354 g/mol. The third-order valence-electron chi connectivity index (χ3n) is 2.88. The molecule has 0 spiro atoms. The largest absolute Gasteiger partial charge is 0.491 e. The van der Waals surface area contributed by atoms with Crippen molar-refractivity contribution in [3.05, 3.63) is 51.1 Å². The van der Waals surface area contributed by atoms with Crippen molar-refractivity contribution in [2.24, 2.45) is 0 Å². The SMILES string of the molecule is OC(CNCC(O)c1ccsc1)COc1cccc(Br)c1. The summed E-state index contributed by atoms with van der Waals surface area (Å²) in [6, 6.07) is 9.37. The first kappa shape index (κ1) is 16.5. The van der Waals surface area contributed by atoms with E-state index in [4.69, 9.17) is 4.74 Å². The molecule has 21 heavy (non-hydrogen) atoms. The first-order chi connectivity index (χ1) is 10.1. The molecule has 0 fully saturated rings. The summed E-state index contributed by atoms with van der Waals surface area (Å²) in [6.07, 6.45) is -1.17. The Bertz CT molecular complexity index is 535. The third kappa shape index (κ3) is 5.76. The van der Waals surface area contributed by atoms with E-state index in [9.17, 15) is 10.2 Å². The second-order valence-corrected chi connectivity index (χ2v) is 6.35. The van der Waals surface area contributed by atoms with Gasteiger partial charge in [-0.15, -0.1) is 0 Å². The molecule has 0 saturated carbocycles. The lowest BCUT2D eigenvalue weighted by atomic mass is 10.2. The van der Waals surface area contributed by atoms with E-state index in [0.29, 0.717) is 18.8 Å². The van der Waals surface area contributed by atoms with Gasteiger partial charge >= 0.3 is 0 Å². The number of benzene rings is 1. The Morgan fingerprint density at radius 2 is 2.10 bits per heavy atom. The number of aliphatic hydroxyl groups excluding tert-OH is 2. The molecule has 2 rings (SSSR count). The van der Waals surface area contributed by atoms with Crippen LogP contribution >= 0.6 is 27.3 Å². The highest BCUT2D eigenvalue weighted by Gasteiger charge is 2.09. The Labute approximate surface area is 136 Å². The van der Waals surface area contributed by atoms with Crippen LogP contribution in [-0.2, 0) is 0 Å². The van der Waals surface area contributed by atoms with Crippen molar-refractivity contribution in [1.82, 2.24) is 5.32 Å². The Hall–Kier alpha value is -0.920. The number of rotatable bonds is 8. The van der Waals surface area contributed by atoms with Crippen LogP contribution in [0.1, 0.15) is 11.7 Å². The van der Waals surface area contributed by atoms with E-state index in [1.807, 2.05) is 41.1 Å². The minimum Gasteiger partial charge on any atom is -0.491 e. The van der Waals surface area contributed by atoms with Gasteiger partial charge in [-0.3, -0.25) is 0 Å². The number of aliphatic hydroxyl groups is 2. The molecule has 6 heteroatoms. The fourth-order valence-corrected chi connectivity index (χ4v) is 2.86. The van der Waals surface area contributed by atoms with Crippen molar-refractivity contribution in [3.8, 4) is 5.75 Å². The van der Waals surface area contributed by atoms with Crippen molar-refractivity contribution < 1.29 is 14.9 Å². The number of nitrogens with one attached hydrogen (secondary N) is 1. The van der Waals surface area contributed by atoms with Crippen LogP contribution in [-0.4, -0.2) is 36.0 Å². The van der Waals surface area contributed by atoms with Gasteiger partial charge in [-0.2, -0.15) is 11.3 Å². The predicted molar refractivity (Wildman–Crippen MR) is 87.8 cm³/mol. The van der Waals surface area contributed by atoms with Crippen LogP contribution in [0.5, 0.6) is 5.75 Å². The van der Waals surface area contributed by atoms with Gasteiger partial charge in [0.2, 0.25) is 0 Å². The van der Waals surface area contributed by atoms with Gasteiger partial charge in [0.25, 0.3) is 0 Å². The Kier molecular flexibility index (Phi) is 6.66. The van der Waals surface area contributed by atoms with Gasteiger partial charge in [-0.25, -0.2) is 0 Å². The third-order valence-corrected chi connectivity index (χ3v) is 4.08. The quantitative estimate of drug-likeness (QED) is 0.667. The molecule has 2 aromatic rings. The van der Waals surface area contributed by atoms with Gasteiger partial charge in [-0.05, 0) is 40.6 Å². The Morgan fingerprint density at radius 3 is 2.81 bits per heavy atom. The van der Waals surface area contributed by atoms with Crippen LogP contribution in [0.2, 0.25) is 0 Å². The number of hydrogen-bond acceptors (Lipinski definition) is 5. The van der Waals surface area contributed by atoms with Gasteiger partial charge in [-0.1, -0.05) is 22.0 Å². The summed E-state index contributed by atoms with van der Waals surface area (Å²) in [5.41, 5.74) is 0.896. The molecule has 1 aromatic carbocycles. The highest BCUT2D eigenvalue weighted by atomic mass is 79.9. The maximum Gasteiger partial charge on any atom is 0.120 e.